The summed E-state index contributed by atoms with van der Waals surface area (Å²) in [6, 6.07) is 16.7. The molecule has 2 N–H and O–H groups in total. The van der Waals surface area contributed by atoms with Gasteiger partial charge in [0.15, 0.2) is 0 Å². The van der Waals surface area contributed by atoms with Gasteiger partial charge in [0, 0.05) is 5.56 Å². The van der Waals surface area contributed by atoms with Crippen LogP contribution in [-0.4, -0.2) is 10.9 Å². The van der Waals surface area contributed by atoms with Crippen molar-refractivity contribution in [3.05, 3.63) is 78.0 Å². The van der Waals surface area contributed by atoms with E-state index in [1.54, 1.807) is 42.5 Å². The van der Waals surface area contributed by atoms with E-state index >= 15 is 0 Å². The van der Waals surface area contributed by atoms with Crippen LogP contribution in [0.15, 0.2) is 66.7 Å². The van der Waals surface area contributed by atoms with E-state index in [9.17, 15) is 18.0 Å². The maximum atomic E-state index is 13.2. The van der Waals surface area contributed by atoms with Crippen LogP contribution in [-0.2, 0) is 6.18 Å². The first-order valence-corrected chi connectivity index (χ1v) is 7.40. The Bertz CT molecular complexity index is 936. The molecule has 126 valence electrons. The van der Waals surface area contributed by atoms with E-state index in [2.05, 4.69) is 4.98 Å². The summed E-state index contributed by atoms with van der Waals surface area (Å²) in [7, 11) is 0. The number of carbonyl (C=O) groups is 1. The number of nitrogens with two attached hydrogens (primary N) is 1. The van der Waals surface area contributed by atoms with Crippen LogP contribution in [0, 0.1) is 0 Å². The fourth-order valence-electron chi connectivity index (χ4n) is 2.56. The molecule has 0 aliphatic rings. The number of halogens is 3. The van der Waals surface area contributed by atoms with Gasteiger partial charge in [0.1, 0.15) is 5.69 Å². The molecule has 0 saturated carbocycles. The third-order valence-corrected chi connectivity index (χ3v) is 3.70. The zero-order valence-electron chi connectivity index (χ0n) is 12.9. The largest absolute Gasteiger partial charge is 0.417 e. The highest BCUT2D eigenvalue weighted by Crippen LogP contribution is 2.37. The molecular formula is C19H13F3N2O. The van der Waals surface area contributed by atoms with E-state index < -0.39 is 17.6 Å². The predicted molar refractivity (Wildman–Crippen MR) is 88.6 cm³/mol. The average molecular weight is 342 g/mol. The third-order valence-electron chi connectivity index (χ3n) is 3.70. The van der Waals surface area contributed by atoms with E-state index in [0.717, 1.165) is 6.07 Å². The van der Waals surface area contributed by atoms with Crippen LogP contribution in [0.1, 0.15) is 16.1 Å². The monoisotopic (exact) mass is 342 g/mol. The number of hydrogen-bond acceptors (Lipinski definition) is 2. The van der Waals surface area contributed by atoms with E-state index in [1.165, 1.54) is 18.2 Å². The van der Waals surface area contributed by atoms with Crippen LogP contribution in [0.3, 0.4) is 0 Å². The number of carbonyl (C=O) groups excluding carboxylic acids is 1. The van der Waals surface area contributed by atoms with E-state index in [-0.39, 0.29) is 11.3 Å². The molecule has 3 nitrogen and oxygen atoms in total. The van der Waals surface area contributed by atoms with Gasteiger partial charge in [-0.25, -0.2) is 4.98 Å². The number of aromatic nitrogens is 1. The summed E-state index contributed by atoms with van der Waals surface area (Å²) in [5.74, 6) is -0.666. The van der Waals surface area contributed by atoms with Crippen LogP contribution in [0.25, 0.3) is 22.4 Å². The summed E-state index contributed by atoms with van der Waals surface area (Å²) in [5, 5.41) is 0. The maximum absolute atomic E-state index is 13.2. The van der Waals surface area contributed by atoms with E-state index in [1.807, 2.05) is 0 Å². The quantitative estimate of drug-likeness (QED) is 0.760. The molecule has 0 atom stereocenters. The summed E-state index contributed by atoms with van der Waals surface area (Å²) in [4.78, 5) is 15.4. The second-order valence-electron chi connectivity index (χ2n) is 5.40. The first-order valence-electron chi connectivity index (χ1n) is 7.40. The standard InChI is InChI=1S/C19H13F3N2O/c20-19(21,22)15-8-2-1-7-14(15)12-5-3-6-13(11-12)16-9-4-10-17(24-16)18(23)25/h1-11H,(H2,23,25). The molecule has 1 amide bonds. The lowest BCUT2D eigenvalue weighted by Gasteiger charge is -2.13. The normalized spacial score (nSPS) is 11.3. The molecule has 0 aliphatic heterocycles. The average Bonchev–Trinajstić information content (AvgIpc) is 2.61. The van der Waals surface area contributed by atoms with Gasteiger partial charge >= 0.3 is 6.18 Å². The molecule has 0 bridgehead atoms. The topological polar surface area (TPSA) is 56.0 Å². The first-order chi connectivity index (χ1) is 11.9. The van der Waals surface area contributed by atoms with Gasteiger partial charge in [-0.15, -0.1) is 0 Å². The van der Waals surface area contributed by atoms with Crippen molar-refractivity contribution in [1.29, 1.82) is 0 Å². The van der Waals surface area contributed by atoms with Gasteiger partial charge < -0.3 is 5.73 Å². The number of amides is 1. The molecule has 25 heavy (non-hydrogen) atoms. The van der Waals surface area contributed by atoms with Gasteiger partial charge in [0.25, 0.3) is 5.91 Å². The SMILES string of the molecule is NC(=O)c1cccc(-c2cccc(-c3ccccc3C(F)(F)F)c2)n1. The Hall–Kier alpha value is -3.15. The third kappa shape index (κ3) is 3.52. The molecule has 0 saturated heterocycles. The van der Waals surface area contributed by atoms with Crippen molar-refractivity contribution in [2.75, 3.05) is 0 Å². The highest BCUT2D eigenvalue weighted by molar-refractivity contribution is 5.91. The molecular weight excluding hydrogens is 329 g/mol. The van der Waals surface area contributed by atoms with Crippen LogP contribution in [0.5, 0.6) is 0 Å². The smallest absolute Gasteiger partial charge is 0.364 e. The van der Waals surface area contributed by atoms with Crippen molar-refractivity contribution in [2.24, 2.45) is 5.73 Å². The lowest BCUT2D eigenvalue weighted by Crippen LogP contribution is -2.13. The Morgan fingerprint density at radius 2 is 1.56 bits per heavy atom. The molecule has 0 unspecified atom stereocenters. The fraction of sp³-hybridized carbons (Fsp3) is 0.0526. The molecule has 3 rings (SSSR count). The van der Waals surface area contributed by atoms with Gasteiger partial charge in [-0.2, -0.15) is 13.2 Å². The fourth-order valence-corrected chi connectivity index (χ4v) is 2.56. The van der Waals surface area contributed by atoms with Crippen molar-refractivity contribution in [1.82, 2.24) is 4.98 Å². The minimum Gasteiger partial charge on any atom is -0.364 e. The molecule has 1 aromatic heterocycles. The molecule has 0 spiro atoms. The Morgan fingerprint density at radius 3 is 2.28 bits per heavy atom. The number of alkyl halides is 3. The molecule has 2 aromatic carbocycles. The number of hydrogen-bond donors (Lipinski definition) is 1. The Labute approximate surface area is 141 Å². The van der Waals surface area contributed by atoms with E-state index in [0.29, 0.717) is 16.8 Å². The van der Waals surface area contributed by atoms with E-state index in [4.69, 9.17) is 5.73 Å². The lowest BCUT2D eigenvalue weighted by molar-refractivity contribution is -0.137. The summed E-state index contributed by atoms with van der Waals surface area (Å²) in [6.45, 7) is 0. The number of rotatable bonds is 3. The van der Waals surface area contributed by atoms with Crippen molar-refractivity contribution >= 4 is 5.91 Å². The van der Waals surface area contributed by atoms with Crippen LogP contribution in [0.4, 0.5) is 13.2 Å². The maximum Gasteiger partial charge on any atom is 0.417 e. The Balaban J connectivity index is 2.10. The van der Waals surface area contributed by atoms with Crippen LogP contribution < -0.4 is 5.73 Å². The zero-order chi connectivity index (χ0) is 18.0. The molecule has 6 heteroatoms. The zero-order valence-corrected chi connectivity index (χ0v) is 12.9. The number of primary amides is 1. The van der Waals surface area contributed by atoms with Gasteiger partial charge in [-0.05, 0) is 35.4 Å². The van der Waals surface area contributed by atoms with Gasteiger partial charge in [-0.1, -0.05) is 42.5 Å². The molecule has 0 radical (unpaired) electrons. The second-order valence-corrected chi connectivity index (χ2v) is 5.40. The summed E-state index contributed by atoms with van der Waals surface area (Å²) >= 11 is 0. The van der Waals surface area contributed by atoms with Gasteiger partial charge in [-0.3, -0.25) is 4.79 Å². The first kappa shape index (κ1) is 16.7. The molecule has 3 aromatic rings. The van der Waals surface area contributed by atoms with Gasteiger partial charge in [0.05, 0.1) is 11.3 Å². The summed E-state index contributed by atoms with van der Waals surface area (Å²) in [5.41, 5.74) is 6.17. The molecule has 1 heterocycles. The van der Waals surface area contributed by atoms with Crippen molar-refractivity contribution in [3.63, 3.8) is 0 Å². The second kappa shape index (κ2) is 6.39. The minimum atomic E-state index is -4.45. The molecule has 0 aliphatic carbocycles. The number of benzene rings is 2. The molecule has 0 fully saturated rings. The summed E-state index contributed by atoms with van der Waals surface area (Å²) < 4.78 is 39.7. The predicted octanol–water partition coefficient (Wildman–Crippen LogP) is 4.53. The number of pyridine rings is 1. The van der Waals surface area contributed by atoms with Crippen molar-refractivity contribution in [3.8, 4) is 22.4 Å². The van der Waals surface area contributed by atoms with Crippen LogP contribution >= 0.6 is 0 Å². The Kier molecular flexibility index (Phi) is 4.27. The lowest BCUT2D eigenvalue weighted by atomic mass is 9.97. The highest BCUT2D eigenvalue weighted by Gasteiger charge is 2.33. The number of nitrogens with zero attached hydrogens (tertiary/aromatic N) is 1. The van der Waals surface area contributed by atoms with Gasteiger partial charge in [0.2, 0.25) is 0 Å². The van der Waals surface area contributed by atoms with Crippen molar-refractivity contribution < 1.29 is 18.0 Å². The minimum absolute atomic E-state index is 0.0860. The van der Waals surface area contributed by atoms with Crippen LogP contribution in [0.2, 0.25) is 0 Å². The highest BCUT2D eigenvalue weighted by atomic mass is 19.4. The van der Waals surface area contributed by atoms with Crippen molar-refractivity contribution in [2.45, 2.75) is 6.18 Å². The Morgan fingerprint density at radius 1 is 0.880 bits per heavy atom. The summed E-state index contributed by atoms with van der Waals surface area (Å²) in [6.07, 6.45) is -4.45.